The molecule has 0 saturated heterocycles. The van der Waals surface area contributed by atoms with Crippen LogP contribution in [0, 0.1) is 0 Å². The smallest absolute Gasteiger partial charge is 0.0540 e. The van der Waals surface area contributed by atoms with Crippen molar-refractivity contribution in [3.63, 3.8) is 0 Å². The maximum absolute atomic E-state index is 2.46. The summed E-state index contributed by atoms with van der Waals surface area (Å²) in [5.41, 5.74) is 13.5. The van der Waals surface area contributed by atoms with Crippen molar-refractivity contribution >= 4 is 60.2 Å². The Morgan fingerprint density at radius 3 is 1.77 bits per heavy atom. The molecule has 1 aliphatic carbocycles. The van der Waals surface area contributed by atoms with E-state index in [4.69, 9.17) is 0 Å². The Hall–Kier alpha value is -6.96. The van der Waals surface area contributed by atoms with Gasteiger partial charge in [0.25, 0.3) is 0 Å². The Morgan fingerprint density at radius 2 is 0.929 bits per heavy atom. The third-order valence-electron chi connectivity index (χ3n) is 12.2. The summed E-state index contributed by atoms with van der Waals surface area (Å²) in [5.74, 6) is 0. The number of hydrogen-bond donors (Lipinski definition) is 0. The number of anilines is 3. The molecule has 1 nitrogen and oxygen atoms in total. The summed E-state index contributed by atoms with van der Waals surface area (Å²) < 4.78 is 0. The molecule has 0 heterocycles. The highest BCUT2D eigenvalue weighted by molar-refractivity contribution is 6.23. The van der Waals surface area contributed by atoms with Gasteiger partial charge < -0.3 is 4.90 Å². The van der Waals surface area contributed by atoms with Crippen molar-refractivity contribution in [3.8, 4) is 33.4 Å². The average Bonchev–Trinajstić information content (AvgIpc) is 3.49. The molecule has 0 bridgehead atoms. The molecular formula is C55H39N. The summed E-state index contributed by atoms with van der Waals surface area (Å²) in [7, 11) is 0. The van der Waals surface area contributed by atoms with Gasteiger partial charge in [-0.1, -0.05) is 172 Å². The molecule has 0 saturated carbocycles. The highest BCUT2D eigenvalue weighted by Crippen LogP contribution is 2.51. The topological polar surface area (TPSA) is 3.24 Å². The quantitative estimate of drug-likeness (QED) is 0.161. The lowest BCUT2D eigenvalue weighted by molar-refractivity contribution is 0.660. The molecule has 0 aliphatic heterocycles. The first-order valence-corrected chi connectivity index (χ1v) is 19.6. The van der Waals surface area contributed by atoms with Crippen molar-refractivity contribution in [2.75, 3.05) is 4.90 Å². The summed E-state index contributed by atoms with van der Waals surface area (Å²) in [6.45, 7) is 4.72. The van der Waals surface area contributed by atoms with Crippen LogP contribution in [0.1, 0.15) is 25.0 Å². The molecule has 56 heavy (non-hydrogen) atoms. The average molecular weight is 714 g/mol. The van der Waals surface area contributed by atoms with Crippen molar-refractivity contribution in [3.05, 3.63) is 211 Å². The van der Waals surface area contributed by atoms with Crippen molar-refractivity contribution in [2.24, 2.45) is 0 Å². The van der Waals surface area contributed by atoms with E-state index < -0.39 is 0 Å². The van der Waals surface area contributed by atoms with Gasteiger partial charge in [-0.25, -0.2) is 0 Å². The van der Waals surface area contributed by atoms with E-state index in [-0.39, 0.29) is 5.41 Å². The van der Waals surface area contributed by atoms with Gasteiger partial charge in [0.15, 0.2) is 0 Å². The number of nitrogens with zero attached hydrogens (tertiary/aromatic N) is 1. The fourth-order valence-electron chi connectivity index (χ4n) is 9.44. The zero-order chi connectivity index (χ0) is 37.4. The molecule has 0 fully saturated rings. The van der Waals surface area contributed by atoms with E-state index in [9.17, 15) is 0 Å². The second-order valence-electron chi connectivity index (χ2n) is 15.7. The fourth-order valence-corrected chi connectivity index (χ4v) is 9.44. The second kappa shape index (κ2) is 12.5. The van der Waals surface area contributed by atoms with Crippen LogP contribution in [0.15, 0.2) is 200 Å². The molecule has 10 aromatic carbocycles. The van der Waals surface area contributed by atoms with Gasteiger partial charge in [0.2, 0.25) is 0 Å². The molecule has 0 atom stereocenters. The molecule has 0 radical (unpaired) electrons. The molecule has 0 amide bonds. The zero-order valence-electron chi connectivity index (χ0n) is 31.5. The molecule has 10 aromatic rings. The molecular weight excluding hydrogens is 675 g/mol. The Balaban J connectivity index is 1.09. The lowest BCUT2D eigenvalue weighted by Gasteiger charge is -2.30. The minimum absolute atomic E-state index is 0.113. The molecule has 1 aliphatic rings. The summed E-state index contributed by atoms with van der Waals surface area (Å²) >= 11 is 0. The molecule has 264 valence electrons. The van der Waals surface area contributed by atoms with Crippen LogP contribution in [0.3, 0.4) is 0 Å². The van der Waals surface area contributed by atoms with Gasteiger partial charge in [0, 0.05) is 22.4 Å². The van der Waals surface area contributed by atoms with Crippen LogP contribution in [-0.4, -0.2) is 0 Å². The molecule has 0 spiro atoms. The number of fused-ring (bicyclic) bond motifs is 9. The van der Waals surface area contributed by atoms with Crippen LogP contribution >= 0.6 is 0 Å². The normalized spacial score (nSPS) is 13.0. The van der Waals surface area contributed by atoms with E-state index in [1.165, 1.54) is 87.6 Å². The monoisotopic (exact) mass is 713 g/mol. The minimum Gasteiger partial charge on any atom is -0.310 e. The van der Waals surface area contributed by atoms with Crippen LogP contribution < -0.4 is 4.90 Å². The SMILES string of the molecule is CC1(C)c2ccccc2-c2ccc(N(c3ccc(-c4cc5ccc6ccccc6c5c5ccccc45)cc3)c3ccccc3-c3ccc4ccccc4c3)cc21. The summed E-state index contributed by atoms with van der Waals surface area (Å²) in [4.78, 5) is 2.46. The molecule has 0 N–H and O–H groups in total. The lowest BCUT2D eigenvalue weighted by Crippen LogP contribution is -2.16. The summed E-state index contributed by atoms with van der Waals surface area (Å²) in [6.07, 6.45) is 0. The van der Waals surface area contributed by atoms with Gasteiger partial charge in [-0.3, -0.25) is 0 Å². The predicted molar refractivity (Wildman–Crippen MR) is 240 cm³/mol. The van der Waals surface area contributed by atoms with Crippen molar-refractivity contribution in [2.45, 2.75) is 19.3 Å². The van der Waals surface area contributed by atoms with Gasteiger partial charge >= 0.3 is 0 Å². The van der Waals surface area contributed by atoms with Gasteiger partial charge in [-0.15, -0.1) is 0 Å². The number of rotatable bonds is 5. The van der Waals surface area contributed by atoms with E-state index in [0.717, 1.165) is 17.1 Å². The highest BCUT2D eigenvalue weighted by atomic mass is 15.1. The maximum Gasteiger partial charge on any atom is 0.0540 e. The Kier molecular flexibility index (Phi) is 7.28. The van der Waals surface area contributed by atoms with Crippen LogP contribution in [0.25, 0.3) is 76.5 Å². The first-order chi connectivity index (χ1) is 27.5. The second-order valence-corrected chi connectivity index (χ2v) is 15.7. The van der Waals surface area contributed by atoms with E-state index in [0.29, 0.717) is 0 Å². The van der Waals surface area contributed by atoms with Crippen molar-refractivity contribution in [1.29, 1.82) is 0 Å². The van der Waals surface area contributed by atoms with Gasteiger partial charge in [-0.05, 0) is 124 Å². The maximum atomic E-state index is 2.46. The fraction of sp³-hybridized carbons (Fsp3) is 0.0545. The highest BCUT2D eigenvalue weighted by Gasteiger charge is 2.36. The Labute approximate surface area is 327 Å². The van der Waals surface area contributed by atoms with Crippen LogP contribution in [0.2, 0.25) is 0 Å². The molecule has 0 aromatic heterocycles. The van der Waals surface area contributed by atoms with E-state index in [1.807, 2.05) is 0 Å². The van der Waals surface area contributed by atoms with Gasteiger partial charge in [0.1, 0.15) is 0 Å². The predicted octanol–water partition coefficient (Wildman–Crippen LogP) is 15.4. The Bertz CT molecular complexity index is 3170. The molecule has 1 heteroatoms. The number of hydrogen-bond acceptors (Lipinski definition) is 1. The third-order valence-corrected chi connectivity index (χ3v) is 12.2. The zero-order valence-corrected chi connectivity index (χ0v) is 31.5. The van der Waals surface area contributed by atoms with Gasteiger partial charge in [0.05, 0.1) is 5.69 Å². The molecule has 0 unspecified atom stereocenters. The van der Waals surface area contributed by atoms with E-state index >= 15 is 0 Å². The van der Waals surface area contributed by atoms with E-state index in [2.05, 4.69) is 219 Å². The largest absolute Gasteiger partial charge is 0.310 e. The standard InChI is InChI=1S/C55H39N/c1-55(2)51-21-11-9-19-47(51)48-32-31-43(35-52(48)55)56(53-22-12-10-16-44(53)40-25-23-36-13-3-4-15-39(36)33-40)42-29-27-38(28-30-42)50-34-41-26-24-37-14-5-6-17-45(37)54(41)49-20-8-7-18-46(49)50/h3-35H,1-2H3. The lowest BCUT2D eigenvalue weighted by atomic mass is 9.82. The Morgan fingerprint density at radius 1 is 0.339 bits per heavy atom. The van der Waals surface area contributed by atoms with Gasteiger partial charge in [-0.2, -0.15) is 0 Å². The number of benzene rings is 10. The van der Waals surface area contributed by atoms with E-state index in [1.54, 1.807) is 0 Å². The summed E-state index contributed by atoms with van der Waals surface area (Å²) in [6, 6.07) is 74.0. The minimum atomic E-state index is -0.113. The van der Waals surface area contributed by atoms with Crippen molar-refractivity contribution < 1.29 is 0 Å². The van der Waals surface area contributed by atoms with Crippen LogP contribution in [-0.2, 0) is 5.41 Å². The van der Waals surface area contributed by atoms with Crippen LogP contribution in [0.5, 0.6) is 0 Å². The third kappa shape index (κ3) is 5.01. The first-order valence-electron chi connectivity index (χ1n) is 19.6. The van der Waals surface area contributed by atoms with Crippen molar-refractivity contribution in [1.82, 2.24) is 0 Å². The summed E-state index contributed by atoms with van der Waals surface area (Å²) in [5, 5.41) is 10.2. The molecule has 11 rings (SSSR count). The van der Waals surface area contributed by atoms with Crippen LogP contribution in [0.4, 0.5) is 17.1 Å². The first kappa shape index (κ1) is 32.5. The number of para-hydroxylation sites is 1.